The summed E-state index contributed by atoms with van der Waals surface area (Å²) in [5, 5.41) is 4.83. The Morgan fingerprint density at radius 3 is 1.77 bits per heavy atom. The smallest absolute Gasteiger partial charge is 0.225 e. The zero-order valence-electron chi connectivity index (χ0n) is 7.90. The molecule has 1 aromatic carbocycles. The van der Waals surface area contributed by atoms with E-state index in [1.165, 1.54) is 18.6 Å². The standard InChI is InChI=1S/C6H7NO2S.C3H8/c7-10(8,9)6-4-2-1-3-5-6;1-3-2/h1-5H,(H2,7,8,9);3H2,1-2H3. The third kappa shape index (κ3) is 5.38. The van der Waals surface area contributed by atoms with E-state index >= 15 is 0 Å². The van der Waals surface area contributed by atoms with Gasteiger partial charge in [-0.05, 0) is 12.1 Å². The second-order valence-electron chi connectivity index (χ2n) is 2.57. The van der Waals surface area contributed by atoms with Gasteiger partial charge in [-0.3, -0.25) is 0 Å². The molecule has 74 valence electrons. The highest BCUT2D eigenvalue weighted by molar-refractivity contribution is 7.89. The molecule has 13 heavy (non-hydrogen) atoms. The van der Waals surface area contributed by atoms with E-state index in [2.05, 4.69) is 13.8 Å². The third-order valence-electron chi connectivity index (χ3n) is 1.07. The van der Waals surface area contributed by atoms with E-state index < -0.39 is 10.0 Å². The molecule has 0 aliphatic rings. The first-order chi connectivity index (χ1) is 6.02. The van der Waals surface area contributed by atoms with Gasteiger partial charge in [0.1, 0.15) is 0 Å². The van der Waals surface area contributed by atoms with Crippen molar-refractivity contribution in [1.29, 1.82) is 0 Å². The largest absolute Gasteiger partial charge is 0.238 e. The fraction of sp³-hybridized carbons (Fsp3) is 0.333. The van der Waals surface area contributed by atoms with Gasteiger partial charge < -0.3 is 0 Å². The van der Waals surface area contributed by atoms with Crippen LogP contribution in [0.3, 0.4) is 0 Å². The second kappa shape index (κ2) is 5.72. The van der Waals surface area contributed by atoms with Crippen molar-refractivity contribution in [3.8, 4) is 0 Å². The Hall–Kier alpha value is -0.870. The zero-order chi connectivity index (χ0) is 10.3. The van der Waals surface area contributed by atoms with Gasteiger partial charge in [0.2, 0.25) is 10.0 Å². The summed E-state index contributed by atoms with van der Waals surface area (Å²) in [4.78, 5) is 0.148. The number of hydrogen-bond acceptors (Lipinski definition) is 2. The molecule has 1 rings (SSSR count). The minimum absolute atomic E-state index is 0.148. The fourth-order valence-corrected chi connectivity index (χ4v) is 1.15. The number of nitrogens with two attached hydrogens (primary N) is 1. The maximum atomic E-state index is 10.6. The quantitative estimate of drug-likeness (QED) is 0.752. The van der Waals surface area contributed by atoms with Crippen LogP contribution in [0.5, 0.6) is 0 Å². The van der Waals surface area contributed by atoms with Crippen molar-refractivity contribution in [3.63, 3.8) is 0 Å². The number of hydrogen-bond donors (Lipinski definition) is 1. The van der Waals surface area contributed by atoms with Crippen LogP contribution in [0.1, 0.15) is 20.3 Å². The lowest BCUT2D eigenvalue weighted by Gasteiger charge is -1.93. The van der Waals surface area contributed by atoms with E-state index in [0.717, 1.165) is 0 Å². The summed E-state index contributed by atoms with van der Waals surface area (Å²) in [6.07, 6.45) is 1.25. The Morgan fingerprint density at radius 1 is 1.15 bits per heavy atom. The molecule has 3 nitrogen and oxygen atoms in total. The van der Waals surface area contributed by atoms with Gasteiger partial charge in [0.05, 0.1) is 4.90 Å². The highest BCUT2D eigenvalue weighted by Crippen LogP contribution is 2.02. The number of sulfonamides is 1. The van der Waals surface area contributed by atoms with Gasteiger partial charge in [0.25, 0.3) is 0 Å². The molecule has 0 aromatic heterocycles. The Kier molecular flexibility index (Phi) is 5.34. The molecule has 0 bridgehead atoms. The predicted molar refractivity (Wildman–Crippen MR) is 53.8 cm³/mol. The first-order valence-corrected chi connectivity index (χ1v) is 5.64. The monoisotopic (exact) mass is 201 g/mol. The van der Waals surface area contributed by atoms with Crippen molar-refractivity contribution < 1.29 is 8.42 Å². The molecule has 2 N–H and O–H groups in total. The molecule has 0 fully saturated rings. The van der Waals surface area contributed by atoms with E-state index in [1.807, 2.05) is 0 Å². The maximum Gasteiger partial charge on any atom is 0.238 e. The highest BCUT2D eigenvalue weighted by Gasteiger charge is 2.03. The van der Waals surface area contributed by atoms with Crippen LogP contribution >= 0.6 is 0 Å². The van der Waals surface area contributed by atoms with Crippen LogP contribution in [0.15, 0.2) is 35.2 Å². The van der Waals surface area contributed by atoms with Gasteiger partial charge in [0, 0.05) is 0 Å². The minimum atomic E-state index is -3.50. The van der Waals surface area contributed by atoms with Crippen molar-refractivity contribution in [1.82, 2.24) is 0 Å². The van der Waals surface area contributed by atoms with Gasteiger partial charge in [-0.15, -0.1) is 0 Å². The summed E-state index contributed by atoms with van der Waals surface area (Å²) in [6, 6.07) is 7.89. The van der Waals surface area contributed by atoms with Crippen LogP contribution < -0.4 is 5.14 Å². The Balaban J connectivity index is 0.000000424. The van der Waals surface area contributed by atoms with Crippen molar-refractivity contribution >= 4 is 10.0 Å². The molecule has 0 radical (unpaired) electrons. The Bertz CT molecular complexity index is 319. The van der Waals surface area contributed by atoms with Gasteiger partial charge in [-0.25, -0.2) is 13.6 Å². The molecule has 1 aromatic rings. The van der Waals surface area contributed by atoms with Gasteiger partial charge in [-0.2, -0.15) is 0 Å². The normalized spacial score (nSPS) is 10.1. The predicted octanol–water partition coefficient (Wildman–Crippen LogP) is 1.75. The molecule has 0 aliphatic heterocycles. The van der Waals surface area contributed by atoms with E-state index in [9.17, 15) is 8.42 Å². The average molecular weight is 201 g/mol. The van der Waals surface area contributed by atoms with Crippen LogP contribution in [0.2, 0.25) is 0 Å². The van der Waals surface area contributed by atoms with E-state index in [-0.39, 0.29) is 4.90 Å². The lowest BCUT2D eigenvalue weighted by Crippen LogP contribution is -2.11. The first kappa shape index (κ1) is 12.1. The van der Waals surface area contributed by atoms with E-state index in [1.54, 1.807) is 18.2 Å². The Labute approximate surface area is 79.6 Å². The van der Waals surface area contributed by atoms with Gasteiger partial charge in [0.15, 0.2) is 0 Å². The van der Waals surface area contributed by atoms with E-state index in [4.69, 9.17) is 5.14 Å². The summed E-state index contributed by atoms with van der Waals surface area (Å²) in [6.45, 7) is 4.25. The lowest BCUT2D eigenvalue weighted by molar-refractivity contribution is 0.598. The second-order valence-corrected chi connectivity index (χ2v) is 4.13. The van der Waals surface area contributed by atoms with E-state index in [0.29, 0.717) is 0 Å². The molecule has 0 saturated carbocycles. The van der Waals surface area contributed by atoms with Crippen LogP contribution in [0, 0.1) is 0 Å². The number of primary sulfonamides is 1. The molecule has 0 atom stereocenters. The summed E-state index contributed by atoms with van der Waals surface area (Å²) in [5.41, 5.74) is 0. The fourth-order valence-electron chi connectivity index (χ4n) is 0.610. The van der Waals surface area contributed by atoms with Crippen LogP contribution in [0.4, 0.5) is 0 Å². The molecular formula is C9H15NO2S. The van der Waals surface area contributed by atoms with Gasteiger partial charge >= 0.3 is 0 Å². The third-order valence-corrected chi connectivity index (χ3v) is 2.00. The summed E-state index contributed by atoms with van der Waals surface area (Å²) in [7, 11) is -3.50. The summed E-state index contributed by atoms with van der Waals surface area (Å²) >= 11 is 0. The molecule has 0 unspecified atom stereocenters. The molecule has 0 spiro atoms. The summed E-state index contributed by atoms with van der Waals surface area (Å²) < 4.78 is 21.2. The number of benzene rings is 1. The SMILES string of the molecule is CCC.NS(=O)(=O)c1ccccc1. The van der Waals surface area contributed by atoms with Crippen LogP contribution in [-0.4, -0.2) is 8.42 Å². The van der Waals surface area contributed by atoms with Crippen LogP contribution in [0.25, 0.3) is 0 Å². The van der Waals surface area contributed by atoms with Crippen LogP contribution in [-0.2, 0) is 10.0 Å². The maximum absolute atomic E-state index is 10.6. The number of rotatable bonds is 1. The van der Waals surface area contributed by atoms with Crippen molar-refractivity contribution in [2.75, 3.05) is 0 Å². The highest BCUT2D eigenvalue weighted by atomic mass is 32.2. The zero-order valence-corrected chi connectivity index (χ0v) is 8.71. The molecule has 0 amide bonds. The first-order valence-electron chi connectivity index (χ1n) is 4.10. The van der Waals surface area contributed by atoms with Crippen molar-refractivity contribution in [2.45, 2.75) is 25.2 Å². The van der Waals surface area contributed by atoms with Crippen molar-refractivity contribution in [2.24, 2.45) is 5.14 Å². The molecule has 0 saturated heterocycles. The Morgan fingerprint density at radius 2 is 1.54 bits per heavy atom. The molecular weight excluding hydrogens is 186 g/mol. The lowest BCUT2D eigenvalue weighted by atomic mass is 10.4. The van der Waals surface area contributed by atoms with Crippen molar-refractivity contribution in [3.05, 3.63) is 30.3 Å². The van der Waals surface area contributed by atoms with Gasteiger partial charge in [-0.1, -0.05) is 38.5 Å². The topological polar surface area (TPSA) is 60.2 Å². The minimum Gasteiger partial charge on any atom is -0.225 e. The molecule has 0 aliphatic carbocycles. The average Bonchev–Trinajstić information content (AvgIpc) is 2.06. The molecule has 0 heterocycles. The molecule has 4 heteroatoms. The summed E-state index contributed by atoms with van der Waals surface area (Å²) in [5.74, 6) is 0.